The number of hydrogen-bond donors (Lipinski definition) is 0. The summed E-state index contributed by atoms with van der Waals surface area (Å²) in [6.07, 6.45) is 0. The summed E-state index contributed by atoms with van der Waals surface area (Å²) in [6, 6.07) is 7.00. The van der Waals surface area contributed by atoms with Crippen LogP contribution in [-0.4, -0.2) is 11.9 Å². The van der Waals surface area contributed by atoms with Gasteiger partial charge in [-0.25, -0.2) is 4.79 Å². The lowest BCUT2D eigenvalue weighted by Gasteiger charge is -2.19. The zero-order chi connectivity index (χ0) is 9.42. The minimum atomic E-state index is -0.543. The van der Waals surface area contributed by atoms with Crippen LogP contribution in [0, 0.1) is 0 Å². The van der Waals surface area contributed by atoms with Crippen molar-refractivity contribution in [2.24, 2.45) is 0 Å². The molecule has 1 atom stereocenters. The number of fused-ring (bicyclic) bond motifs is 1. The quantitative estimate of drug-likeness (QED) is 0.444. The van der Waals surface area contributed by atoms with E-state index in [9.17, 15) is 9.59 Å². The van der Waals surface area contributed by atoms with Gasteiger partial charge >= 0.3 is 11.9 Å². The average molecular weight is 176 g/mol. The molecule has 0 radical (unpaired) electrons. The molecule has 66 valence electrons. The Morgan fingerprint density at radius 2 is 1.92 bits per heavy atom. The molecule has 1 aliphatic heterocycles. The topological polar surface area (TPSA) is 43.4 Å². The molecular weight excluding hydrogens is 168 g/mol. The normalized spacial score (nSPS) is 20.8. The molecule has 0 saturated heterocycles. The second-order valence-electron chi connectivity index (χ2n) is 3.02. The maximum absolute atomic E-state index is 11.2. The first-order valence-corrected chi connectivity index (χ1v) is 4.05. The zero-order valence-corrected chi connectivity index (χ0v) is 7.11. The van der Waals surface area contributed by atoms with Gasteiger partial charge < -0.3 is 4.74 Å². The first-order chi connectivity index (χ1) is 6.20. The molecule has 0 aromatic heterocycles. The number of ether oxygens (including phenoxy) is 1. The first-order valence-electron chi connectivity index (χ1n) is 4.05. The van der Waals surface area contributed by atoms with Crippen LogP contribution in [0.1, 0.15) is 28.8 Å². The van der Waals surface area contributed by atoms with Crippen molar-refractivity contribution in [3.8, 4) is 0 Å². The lowest BCUT2D eigenvalue weighted by molar-refractivity contribution is -0.140. The Labute approximate surface area is 75.3 Å². The van der Waals surface area contributed by atoms with E-state index in [-0.39, 0.29) is 5.92 Å². The van der Waals surface area contributed by atoms with E-state index in [0.717, 1.165) is 5.56 Å². The summed E-state index contributed by atoms with van der Waals surface area (Å²) in [7, 11) is 0. The van der Waals surface area contributed by atoms with Gasteiger partial charge in [0.05, 0.1) is 11.5 Å². The largest absolute Gasteiger partial charge is 0.389 e. The summed E-state index contributed by atoms with van der Waals surface area (Å²) in [4.78, 5) is 22.3. The van der Waals surface area contributed by atoms with E-state index in [1.54, 1.807) is 31.2 Å². The Balaban J connectivity index is 2.60. The molecule has 1 heterocycles. The molecule has 13 heavy (non-hydrogen) atoms. The van der Waals surface area contributed by atoms with Crippen LogP contribution >= 0.6 is 0 Å². The molecule has 3 heteroatoms. The summed E-state index contributed by atoms with van der Waals surface area (Å²) in [5.41, 5.74) is 1.25. The van der Waals surface area contributed by atoms with Gasteiger partial charge in [-0.2, -0.15) is 0 Å². The van der Waals surface area contributed by atoms with Gasteiger partial charge in [0.1, 0.15) is 0 Å². The number of benzene rings is 1. The number of hydrogen-bond acceptors (Lipinski definition) is 3. The van der Waals surface area contributed by atoms with Crippen LogP contribution in [0.4, 0.5) is 0 Å². The number of carbonyl (C=O) groups excluding carboxylic acids is 2. The predicted molar refractivity (Wildman–Crippen MR) is 45.3 cm³/mol. The van der Waals surface area contributed by atoms with Crippen molar-refractivity contribution >= 4 is 11.9 Å². The molecule has 0 fully saturated rings. The van der Waals surface area contributed by atoms with Crippen LogP contribution in [0.2, 0.25) is 0 Å². The van der Waals surface area contributed by atoms with Crippen molar-refractivity contribution in [2.75, 3.05) is 0 Å². The predicted octanol–water partition coefficient (Wildman–Crippen LogP) is 1.49. The Morgan fingerprint density at radius 1 is 1.23 bits per heavy atom. The second-order valence-corrected chi connectivity index (χ2v) is 3.02. The van der Waals surface area contributed by atoms with Gasteiger partial charge in [0.15, 0.2) is 0 Å². The number of rotatable bonds is 0. The van der Waals surface area contributed by atoms with Gasteiger partial charge in [-0.05, 0) is 18.6 Å². The van der Waals surface area contributed by atoms with Crippen LogP contribution in [-0.2, 0) is 9.53 Å². The van der Waals surface area contributed by atoms with Crippen LogP contribution in [0.15, 0.2) is 24.3 Å². The monoisotopic (exact) mass is 176 g/mol. The third-order valence-electron chi connectivity index (χ3n) is 2.19. The Hall–Kier alpha value is -1.64. The molecule has 1 unspecified atom stereocenters. The van der Waals surface area contributed by atoms with Crippen molar-refractivity contribution < 1.29 is 14.3 Å². The first kappa shape index (κ1) is 7.98. The Kier molecular flexibility index (Phi) is 1.65. The molecule has 3 nitrogen and oxygen atoms in total. The summed E-state index contributed by atoms with van der Waals surface area (Å²) in [5, 5.41) is 0. The molecule has 0 bridgehead atoms. The highest BCUT2D eigenvalue weighted by atomic mass is 16.6. The van der Waals surface area contributed by atoms with Crippen LogP contribution in [0.3, 0.4) is 0 Å². The van der Waals surface area contributed by atoms with E-state index in [1.165, 1.54) is 0 Å². The fraction of sp³-hybridized carbons (Fsp3) is 0.200. The van der Waals surface area contributed by atoms with E-state index < -0.39 is 11.9 Å². The molecule has 1 aromatic rings. The summed E-state index contributed by atoms with van der Waals surface area (Å²) < 4.78 is 4.55. The minimum absolute atomic E-state index is 0.339. The van der Waals surface area contributed by atoms with Gasteiger partial charge in [0, 0.05) is 0 Å². The van der Waals surface area contributed by atoms with Gasteiger partial charge in [-0.1, -0.05) is 18.2 Å². The SMILES string of the molecule is CC1C(=O)OC(=O)c2ccccc21. The van der Waals surface area contributed by atoms with Crippen molar-refractivity contribution in [1.82, 2.24) is 0 Å². The highest BCUT2D eigenvalue weighted by molar-refractivity contribution is 6.04. The zero-order valence-electron chi connectivity index (χ0n) is 7.11. The lowest BCUT2D eigenvalue weighted by atomic mass is 9.94. The third-order valence-corrected chi connectivity index (χ3v) is 2.19. The van der Waals surface area contributed by atoms with Gasteiger partial charge in [0.2, 0.25) is 0 Å². The number of carbonyl (C=O) groups is 2. The van der Waals surface area contributed by atoms with E-state index in [0.29, 0.717) is 5.56 Å². The van der Waals surface area contributed by atoms with E-state index >= 15 is 0 Å². The summed E-state index contributed by atoms with van der Waals surface area (Å²) in [6.45, 7) is 1.73. The molecule has 0 amide bonds. The van der Waals surface area contributed by atoms with Gasteiger partial charge in [-0.3, -0.25) is 4.79 Å². The van der Waals surface area contributed by atoms with Gasteiger partial charge in [-0.15, -0.1) is 0 Å². The van der Waals surface area contributed by atoms with E-state index in [2.05, 4.69) is 4.74 Å². The maximum Gasteiger partial charge on any atom is 0.346 e. The molecule has 0 aliphatic carbocycles. The van der Waals surface area contributed by atoms with E-state index in [4.69, 9.17) is 0 Å². The highest BCUT2D eigenvalue weighted by Gasteiger charge is 2.30. The van der Waals surface area contributed by atoms with Crippen LogP contribution in [0.5, 0.6) is 0 Å². The Morgan fingerprint density at radius 3 is 2.69 bits per heavy atom. The standard InChI is InChI=1S/C10H8O3/c1-6-7-4-2-3-5-8(7)10(12)13-9(6)11/h2-6H,1H3. The number of esters is 2. The molecule has 2 rings (SSSR count). The fourth-order valence-corrected chi connectivity index (χ4v) is 1.42. The molecule has 0 saturated carbocycles. The summed E-state index contributed by atoms with van der Waals surface area (Å²) >= 11 is 0. The van der Waals surface area contributed by atoms with Crippen molar-refractivity contribution in [3.05, 3.63) is 35.4 Å². The lowest BCUT2D eigenvalue weighted by Crippen LogP contribution is -2.25. The second kappa shape index (κ2) is 2.69. The fourth-order valence-electron chi connectivity index (χ4n) is 1.42. The Bertz CT molecular complexity index is 382. The molecule has 0 spiro atoms. The third kappa shape index (κ3) is 1.13. The van der Waals surface area contributed by atoms with Gasteiger partial charge in [0.25, 0.3) is 0 Å². The number of cyclic esters (lactones) is 2. The smallest absolute Gasteiger partial charge is 0.346 e. The van der Waals surface area contributed by atoms with E-state index in [1.807, 2.05) is 0 Å². The van der Waals surface area contributed by atoms with Crippen LogP contribution in [0.25, 0.3) is 0 Å². The molecule has 1 aliphatic rings. The highest BCUT2D eigenvalue weighted by Crippen LogP contribution is 2.26. The van der Waals surface area contributed by atoms with Crippen LogP contribution < -0.4 is 0 Å². The molecular formula is C10H8O3. The maximum atomic E-state index is 11.2. The van der Waals surface area contributed by atoms with Crippen molar-refractivity contribution in [3.63, 3.8) is 0 Å². The van der Waals surface area contributed by atoms with Crippen molar-refractivity contribution in [1.29, 1.82) is 0 Å². The summed E-state index contributed by atoms with van der Waals surface area (Å²) in [5.74, 6) is -1.35. The molecule has 1 aromatic carbocycles. The van der Waals surface area contributed by atoms with Crippen molar-refractivity contribution in [2.45, 2.75) is 12.8 Å². The molecule has 0 N–H and O–H groups in total. The minimum Gasteiger partial charge on any atom is -0.389 e. The average Bonchev–Trinajstić information content (AvgIpc) is 2.15.